The monoisotopic (exact) mass is 248 g/mol. The molecule has 100 valence electrons. The zero-order valence-electron chi connectivity index (χ0n) is 11.5. The van der Waals surface area contributed by atoms with Gasteiger partial charge in [-0.15, -0.1) is 0 Å². The van der Waals surface area contributed by atoms with Crippen LogP contribution in [0.5, 0.6) is 5.75 Å². The van der Waals surface area contributed by atoms with Crippen molar-refractivity contribution in [1.29, 1.82) is 0 Å². The van der Waals surface area contributed by atoms with E-state index >= 15 is 0 Å². The second kappa shape index (κ2) is 5.75. The average Bonchev–Trinajstić information content (AvgIpc) is 2.40. The maximum atomic E-state index is 9.66. The van der Waals surface area contributed by atoms with Crippen molar-refractivity contribution in [2.75, 3.05) is 6.61 Å². The van der Waals surface area contributed by atoms with E-state index in [1.807, 2.05) is 12.1 Å². The van der Waals surface area contributed by atoms with Gasteiger partial charge >= 0.3 is 0 Å². The van der Waals surface area contributed by atoms with E-state index in [4.69, 9.17) is 4.74 Å². The third kappa shape index (κ3) is 3.05. The molecule has 1 aliphatic rings. The van der Waals surface area contributed by atoms with E-state index in [-0.39, 0.29) is 12.2 Å². The Morgan fingerprint density at radius 1 is 1.22 bits per heavy atom. The summed E-state index contributed by atoms with van der Waals surface area (Å²) in [6, 6.07) is 8.27. The topological polar surface area (TPSA) is 29.5 Å². The average molecular weight is 248 g/mol. The Morgan fingerprint density at radius 2 is 1.94 bits per heavy atom. The third-order valence-electron chi connectivity index (χ3n) is 3.91. The summed E-state index contributed by atoms with van der Waals surface area (Å²) in [5.74, 6) is 1.40. The molecule has 0 radical (unpaired) electrons. The van der Waals surface area contributed by atoms with Gasteiger partial charge in [-0.1, -0.05) is 32.4 Å². The second-order valence-corrected chi connectivity index (χ2v) is 5.73. The van der Waals surface area contributed by atoms with Gasteiger partial charge in [-0.25, -0.2) is 0 Å². The van der Waals surface area contributed by atoms with Crippen LogP contribution in [0.3, 0.4) is 0 Å². The number of hydrogen-bond donors (Lipinski definition) is 1. The van der Waals surface area contributed by atoms with Crippen molar-refractivity contribution in [3.8, 4) is 5.75 Å². The van der Waals surface area contributed by atoms with Crippen molar-refractivity contribution in [1.82, 2.24) is 0 Å². The summed E-state index contributed by atoms with van der Waals surface area (Å²) in [4.78, 5) is 0. The summed E-state index contributed by atoms with van der Waals surface area (Å²) in [7, 11) is 0. The van der Waals surface area contributed by atoms with Gasteiger partial charge in [-0.05, 0) is 49.3 Å². The van der Waals surface area contributed by atoms with Crippen LogP contribution in [0.2, 0.25) is 0 Å². The van der Waals surface area contributed by atoms with Crippen LogP contribution < -0.4 is 4.74 Å². The van der Waals surface area contributed by atoms with Crippen LogP contribution in [0.1, 0.15) is 57.4 Å². The predicted molar refractivity (Wildman–Crippen MR) is 74.1 cm³/mol. The Kier molecular flexibility index (Phi) is 4.28. The highest BCUT2D eigenvalue weighted by atomic mass is 16.5. The Bertz CT molecular complexity index is 378. The van der Waals surface area contributed by atoms with Crippen LogP contribution >= 0.6 is 0 Å². The van der Waals surface area contributed by atoms with E-state index < -0.39 is 0 Å². The molecule has 1 aromatic rings. The summed E-state index contributed by atoms with van der Waals surface area (Å²) < 4.78 is 6.13. The molecule has 0 unspecified atom stereocenters. The SMILES string of the molecule is CC(C)c1cccc(OC2(CO)CCCCC2)c1. The molecule has 1 saturated carbocycles. The largest absolute Gasteiger partial charge is 0.485 e. The van der Waals surface area contributed by atoms with Crippen LogP contribution in [0.4, 0.5) is 0 Å². The standard InChI is InChI=1S/C16H24O2/c1-13(2)14-7-6-8-15(11-14)18-16(12-17)9-4-3-5-10-16/h6-8,11,13,17H,3-5,9-10,12H2,1-2H3. The molecule has 0 aliphatic heterocycles. The van der Waals surface area contributed by atoms with Crippen LogP contribution in [0.15, 0.2) is 24.3 Å². The molecule has 0 bridgehead atoms. The lowest BCUT2D eigenvalue weighted by molar-refractivity contribution is -0.0198. The maximum absolute atomic E-state index is 9.66. The Balaban J connectivity index is 2.13. The first-order valence-corrected chi connectivity index (χ1v) is 7.05. The fourth-order valence-corrected chi connectivity index (χ4v) is 2.68. The van der Waals surface area contributed by atoms with E-state index in [2.05, 4.69) is 26.0 Å². The molecule has 2 nitrogen and oxygen atoms in total. The molecule has 1 aromatic carbocycles. The van der Waals surface area contributed by atoms with Gasteiger partial charge in [0.15, 0.2) is 0 Å². The van der Waals surface area contributed by atoms with Gasteiger partial charge in [-0.2, -0.15) is 0 Å². The van der Waals surface area contributed by atoms with Crippen molar-refractivity contribution in [2.24, 2.45) is 0 Å². The van der Waals surface area contributed by atoms with Gasteiger partial charge in [0.05, 0.1) is 6.61 Å². The lowest BCUT2D eigenvalue weighted by Crippen LogP contribution is -2.41. The normalized spacial score (nSPS) is 18.9. The zero-order chi connectivity index (χ0) is 13.0. The molecule has 0 saturated heterocycles. The summed E-state index contributed by atoms with van der Waals surface area (Å²) in [5, 5.41) is 9.66. The van der Waals surface area contributed by atoms with Gasteiger partial charge in [0.1, 0.15) is 11.4 Å². The second-order valence-electron chi connectivity index (χ2n) is 5.73. The van der Waals surface area contributed by atoms with E-state index in [1.165, 1.54) is 12.0 Å². The van der Waals surface area contributed by atoms with Gasteiger partial charge in [0, 0.05) is 0 Å². The molecular weight excluding hydrogens is 224 g/mol. The molecule has 0 amide bonds. The van der Waals surface area contributed by atoms with Crippen LogP contribution in [0.25, 0.3) is 0 Å². The van der Waals surface area contributed by atoms with Crippen LogP contribution in [0, 0.1) is 0 Å². The van der Waals surface area contributed by atoms with E-state index in [0.717, 1.165) is 31.4 Å². The van der Waals surface area contributed by atoms with Gasteiger partial charge < -0.3 is 9.84 Å². The van der Waals surface area contributed by atoms with E-state index in [1.54, 1.807) is 0 Å². The van der Waals surface area contributed by atoms with Gasteiger partial charge in [0.25, 0.3) is 0 Å². The summed E-state index contributed by atoms with van der Waals surface area (Å²) in [6.45, 7) is 4.49. The zero-order valence-corrected chi connectivity index (χ0v) is 11.5. The van der Waals surface area contributed by atoms with Crippen molar-refractivity contribution in [2.45, 2.75) is 57.5 Å². The highest BCUT2D eigenvalue weighted by Gasteiger charge is 2.33. The number of aliphatic hydroxyl groups is 1. The van der Waals surface area contributed by atoms with Gasteiger partial charge in [0.2, 0.25) is 0 Å². The number of rotatable bonds is 4. The molecule has 0 atom stereocenters. The molecule has 2 heteroatoms. The lowest BCUT2D eigenvalue weighted by atomic mass is 9.85. The number of benzene rings is 1. The molecule has 1 aliphatic carbocycles. The van der Waals surface area contributed by atoms with E-state index in [0.29, 0.717) is 5.92 Å². The Morgan fingerprint density at radius 3 is 2.56 bits per heavy atom. The fraction of sp³-hybridized carbons (Fsp3) is 0.625. The number of aliphatic hydroxyl groups excluding tert-OH is 1. The van der Waals surface area contributed by atoms with Crippen molar-refractivity contribution in [3.63, 3.8) is 0 Å². The minimum Gasteiger partial charge on any atom is -0.485 e. The molecule has 2 rings (SSSR count). The third-order valence-corrected chi connectivity index (χ3v) is 3.91. The predicted octanol–water partition coefficient (Wildman–Crippen LogP) is 3.88. The first-order valence-electron chi connectivity index (χ1n) is 7.05. The quantitative estimate of drug-likeness (QED) is 0.876. The first kappa shape index (κ1) is 13.4. The summed E-state index contributed by atoms with van der Waals surface area (Å²) in [6.07, 6.45) is 5.51. The van der Waals surface area contributed by atoms with Gasteiger partial charge in [-0.3, -0.25) is 0 Å². The minimum atomic E-state index is -0.339. The minimum absolute atomic E-state index is 0.124. The molecule has 1 N–H and O–H groups in total. The summed E-state index contributed by atoms with van der Waals surface area (Å²) >= 11 is 0. The van der Waals surface area contributed by atoms with Crippen LogP contribution in [-0.4, -0.2) is 17.3 Å². The maximum Gasteiger partial charge on any atom is 0.132 e. The number of ether oxygens (including phenoxy) is 1. The molecular formula is C16H24O2. The molecule has 0 heterocycles. The van der Waals surface area contributed by atoms with E-state index in [9.17, 15) is 5.11 Å². The molecule has 0 spiro atoms. The van der Waals surface area contributed by atoms with Crippen molar-refractivity contribution >= 4 is 0 Å². The number of hydrogen-bond acceptors (Lipinski definition) is 2. The smallest absolute Gasteiger partial charge is 0.132 e. The first-order chi connectivity index (χ1) is 8.65. The summed E-state index contributed by atoms with van der Waals surface area (Å²) in [5.41, 5.74) is 0.949. The molecule has 0 aromatic heterocycles. The lowest BCUT2D eigenvalue weighted by Gasteiger charge is -2.36. The molecule has 1 fully saturated rings. The van der Waals surface area contributed by atoms with Crippen molar-refractivity contribution < 1.29 is 9.84 Å². The highest BCUT2D eigenvalue weighted by Crippen LogP contribution is 2.33. The Labute approximate surface area is 110 Å². The highest BCUT2D eigenvalue weighted by molar-refractivity contribution is 5.31. The Hall–Kier alpha value is -1.02. The molecule has 18 heavy (non-hydrogen) atoms. The van der Waals surface area contributed by atoms with Crippen molar-refractivity contribution in [3.05, 3.63) is 29.8 Å². The van der Waals surface area contributed by atoms with Crippen LogP contribution in [-0.2, 0) is 0 Å². The fourth-order valence-electron chi connectivity index (χ4n) is 2.68.